The van der Waals surface area contributed by atoms with Crippen molar-refractivity contribution in [3.63, 3.8) is 0 Å². The van der Waals surface area contributed by atoms with Crippen LogP contribution in [0.2, 0.25) is 18.1 Å². The molecule has 0 aliphatic carbocycles. The number of hydrogen-bond donors (Lipinski definition) is 1. The van der Waals surface area contributed by atoms with E-state index in [4.69, 9.17) is 13.9 Å². The predicted octanol–water partition coefficient (Wildman–Crippen LogP) is 8.49. The quantitative estimate of drug-likeness (QED) is 0.149. The number of benzene rings is 1. The lowest BCUT2D eigenvalue weighted by atomic mass is 9.71. The van der Waals surface area contributed by atoms with E-state index in [0.717, 1.165) is 40.1 Å². The summed E-state index contributed by atoms with van der Waals surface area (Å²) in [6.45, 7) is 24.8. The molecule has 7 atom stereocenters. The maximum Gasteiger partial charge on any atom is 0.309 e. The molecule has 0 radical (unpaired) electrons. The molecule has 2 aliphatic heterocycles. The first-order valence-corrected chi connectivity index (χ1v) is 20.3. The lowest BCUT2D eigenvalue weighted by Crippen LogP contribution is -2.52. The minimum Gasteiger partial charge on any atom is -0.457 e. The number of aliphatic hydroxyl groups is 1. The van der Waals surface area contributed by atoms with Crippen LogP contribution in [0.4, 0.5) is 0 Å². The summed E-state index contributed by atoms with van der Waals surface area (Å²) in [4.78, 5) is 32.5. The summed E-state index contributed by atoms with van der Waals surface area (Å²) in [5.41, 5.74) is 0.219. The molecular weight excluding hydrogens is 603 g/mol. The maximum absolute atomic E-state index is 14.4. The van der Waals surface area contributed by atoms with Gasteiger partial charge in [0.2, 0.25) is 0 Å². The number of allylic oxidation sites excluding steroid dienone is 1. The molecule has 1 aromatic carbocycles. The van der Waals surface area contributed by atoms with E-state index in [1.165, 1.54) is 0 Å². The molecule has 2 aromatic rings. The van der Waals surface area contributed by atoms with Gasteiger partial charge < -0.3 is 19.0 Å². The van der Waals surface area contributed by atoms with Crippen molar-refractivity contribution in [1.29, 1.82) is 0 Å². The van der Waals surface area contributed by atoms with Gasteiger partial charge in [0.05, 0.1) is 51.0 Å². The van der Waals surface area contributed by atoms with Crippen molar-refractivity contribution in [2.24, 2.45) is 17.3 Å². The van der Waals surface area contributed by atoms with Crippen LogP contribution in [-0.2, 0) is 23.5 Å². The van der Waals surface area contributed by atoms with Gasteiger partial charge in [-0.2, -0.15) is 0 Å². The number of cyclic esters (lactones) is 1. The van der Waals surface area contributed by atoms with E-state index in [9.17, 15) is 14.7 Å². The normalized spacial score (nSPS) is 32.2. The van der Waals surface area contributed by atoms with Crippen molar-refractivity contribution in [2.75, 3.05) is 0 Å². The summed E-state index contributed by atoms with van der Waals surface area (Å²) in [5.74, 6) is -1.05. The van der Waals surface area contributed by atoms with Crippen LogP contribution >= 0.6 is 11.3 Å². The van der Waals surface area contributed by atoms with Crippen LogP contribution in [0.15, 0.2) is 30.9 Å². The smallest absolute Gasteiger partial charge is 0.309 e. The highest BCUT2D eigenvalue weighted by molar-refractivity contribution is 7.18. The molecule has 2 fully saturated rings. The number of nitrogens with zero attached hydrogens (tertiary/aromatic N) is 1. The van der Waals surface area contributed by atoms with Crippen molar-refractivity contribution >= 4 is 41.6 Å². The van der Waals surface area contributed by atoms with Crippen molar-refractivity contribution in [3.05, 3.63) is 41.4 Å². The summed E-state index contributed by atoms with van der Waals surface area (Å²) in [5, 5.41) is 12.4. The zero-order valence-corrected chi connectivity index (χ0v) is 30.9. The molecule has 3 heterocycles. The van der Waals surface area contributed by atoms with Crippen LogP contribution in [0.1, 0.15) is 104 Å². The fourth-order valence-corrected chi connectivity index (χ4v) is 8.64. The Kier molecular flexibility index (Phi) is 10.6. The lowest BCUT2D eigenvalue weighted by molar-refractivity contribution is -0.156. The molecule has 0 amide bonds. The van der Waals surface area contributed by atoms with E-state index in [2.05, 4.69) is 59.3 Å². The Morgan fingerprint density at radius 3 is 2.56 bits per heavy atom. The molecule has 9 heteroatoms. The standard InChI is InChI=1S/C36H55NO6SSi/c1-12-14-25-32(43-45(10,11)34(4,5)6)22(2)15-13-18-36(9)30(42-36)20-27(24-16-17-28-26(19-24)37-23(3)44-28)41-31(39)21-29(38)35(7,8)33(25)40/h12,16-17,19,22,25,27,29-30,32,38H,1,13-15,18,20-21H2,2-11H3/t22-,25+,27-,29-,30-,32-,36+/m0/s1. The molecule has 7 nitrogen and oxygen atoms in total. The molecular formula is C36H55NO6SSi. The van der Waals surface area contributed by atoms with Gasteiger partial charge in [0.15, 0.2) is 8.32 Å². The second-order valence-electron chi connectivity index (χ2n) is 15.7. The van der Waals surface area contributed by atoms with Gasteiger partial charge in [-0.1, -0.05) is 60.1 Å². The first-order valence-electron chi connectivity index (χ1n) is 16.5. The monoisotopic (exact) mass is 657 g/mol. The number of carbonyl (C=O) groups excluding carboxylic acids is 2. The number of epoxide rings is 1. The molecule has 4 rings (SSSR count). The molecule has 0 bridgehead atoms. The van der Waals surface area contributed by atoms with Crippen LogP contribution in [-0.4, -0.2) is 54.1 Å². The maximum atomic E-state index is 14.4. The van der Waals surface area contributed by atoms with Crippen molar-refractivity contribution in [1.82, 2.24) is 4.98 Å². The first kappa shape index (κ1) is 35.9. The summed E-state index contributed by atoms with van der Waals surface area (Å²) >= 11 is 1.63. The molecule has 2 saturated heterocycles. The largest absolute Gasteiger partial charge is 0.457 e. The molecule has 1 N–H and O–H groups in total. The topological polar surface area (TPSA) is 98.2 Å². The zero-order chi connectivity index (χ0) is 33.5. The zero-order valence-electron chi connectivity index (χ0n) is 29.1. The highest BCUT2D eigenvalue weighted by Crippen LogP contribution is 2.48. The first-order chi connectivity index (χ1) is 20.8. The second kappa shape index (κ2) is 13.3. The third kappa shape index (κ3) is 7.98. The van der Waals surface area contributed by atoms with Crippen LogP contribution < -0.4 is 0 Å². The molecule has 2 aliphatic rings. The van der Waals surface area contributed by atoms with Crippen LogP contribution in [0.5, 0.6) is 0 Å². The van der Waals surface area contributed by atoms with Crippen molar-refractivity contribution < 1.29 is 28.6 Å². The summed E-state index contributed by atoms with van der Waals surface area (Å²) in [6, 6.07) is 6.00. The second-order valence-corrected chi connectivity index (χ2v) is 21.7. The van der Waals surface area contributed by atoms with Crippen molar-refractivity contribution in [2.45, 2.75) is 142 Å². The number of Topliss-reactive ketones (excluding diaryl/α,β-unsaturated/α-hetero) is 1. The Labute approximate surface area is 275 Å². The number of ether oxygens (including phenoxy) is 2. The van der Waals surface area contributed by atoms with Crippen LogP contribution in [0.25, 0.3) is 10.2 Å². The highest BCUT2D eigenvalue weighted by atomic mass is 32.1. The molecule has 45 heavy (non-hydrogen) atoms. The number of aliphatic hydroxyl groups excluding tert-OH is 1. The SMILES string of the molecule is C=CC[C@H]1C(=O)C(C)(C)[C@@H](O)CC(=O)O[C@H](c2ccc3sc(C)nc3c2)C[C@@H]2O[C@]2(C)CCC[C@H](C)[C@@H]1O[Si](C)(C)C(C)(C)C. The summed E-state index contributed by atoms with van der Waals surface area (Å²) in [7, 11) is -2.26. The molecule has 1 aromatic heterocycles. The lowest BCUT2D eigenvalue weighted by Gasteiger charge is -2.44. The summed E-state index contributed by atoms with van der Waals surface area (Å²) < 4.78 is 20.5. The molecule has 0 unspecified atom stereocenters. The number of aromatic nitrogens is 1. The number of fused-ring (bicyclic) bond motifs is 2. The van der Waals surface area contributed by atoms with Gasteiger partial charge in [-0.3, -0.25) is 9.59 Å². The Morgan fingerprint density at radius 2 is 1.91 bits per heavy atom. The Morgan fingerprint density at radius 1 is 1.22 bits per heavy atom. The van der Waals surface area contributed by atoms with Gasteiger partial charge in [-0.15, -0.1) is 17.9 Å². The van der Waals surface area contributed by atoms with E-state index in [0.29, 0.717) is 12.8 Å². The van der Waals surface area contributed by atoms with Gasteiger partial charge in [-0.05, 0) is 74.9 Å². The van der Waals surface area contributed by atoms with Gasteiger partial charge in [0.1, 0.15) is 11.9 Å². The predicted molar refractivity (Wildman–Crippen MR) is 184 cm³/mol. The third-order valence-electron chi connectivity index (χ3n) is 10.7. The number of esters is 1. The third-order valence-corrected chi connectivity index (χ3v) is 16.2. The van der Waals surface area contributed by atoms with Gasteiger partial charge >= 0.3 is 5.97 Å². The van der Waals surface area contributed by atoms with E-state index >= 15 is 0 Å². The number of aryl methyl sites for hydroxylation is 1. The van der Waals surface area contributed by atoms with Crippen LogP contribution in [0, 0.1) is 24.2 Å². The highest BCUT2D eigenvalue weighted by Gasteiger charge is 2.53. The average Bonchev–Trinajstić information content (AvgIpc) is 3.40. The number of carbonyl (C=O) groups is 2. The number of ketones is 1. The fraction of sp³-hybridized carbons (Fsp3) is 0.694. The fourth-order valence-electron chi connectivity index (χ4n) is 6.40. The number of hydrogen-bond acceptors (Lipinski definition) is 8. The Balaban J connectivity index is 1.68. The molecule has 0 spiro atoms. The van der Waals surface area contributed by atoms with Crippen molar-refractivity contribution in [3.8, 4) is 0 Å². The van der Waals surface area contributed by atoms with Gasteiger partial charge in [-0.25, -0.2) is 4.98 Å². The van der Waals surface area contributed by atoms with E-state index in [1.54, 1.807) is 31.3 Å². The Hall–Kier alpha value is -1.91. The minimum absolute atomic E-state index is 0.0372. The van der Waals surface area contributed by atoms with Gasteiger partial charge in [0, 0.05) is 12.3 Å². The van der Waals surface area contributed by atoms with Gasteiger partial charge in [0.25, 0.3) is 0 Å². The minimum atomic E-state index is -2.26. The molecule has 0 saturated carbocycles. The van der Waals surface area contributed by atoms with E-state index < -0.39 is 37.8 Å². The molecule has 250 valence electrons. The van der Waals surface area contributed by atoms with E-state index in [1.807, 2.05) is 25.1 Å². The Bertz CT molecular complexity index is 1400. The van der Waals surface area contributed by atoms with Crippen LogP contribution in [0.3, 0.4) is 0 Å². The number of thiazole rings is 1. The number of rotatable bonds is 5. The average molecular weight is 658 g/mol. The van der Waals surface area contributed by atoms with E-state index in [-0.39, 0.29) is 41.0 Å². The summed E-state index contributed by atoms with van der Waals surface area (Å²) in [6.07, 6.45) is 2.94.